The number of aliphatic imine (C=N–C) groups is 1. The first-order valence-electron chi connectivity index (χ1n) is 10.8. The van der Waals surface area contributed by atoms with E-state index >= 15 is 0 Å². The van der Waals surface area contributed by atoms with E-state index in [4.69, 9.17) is 9.26 Å². The third-order valence-corrected chi connectivity index (χ3v) is 5.14. The first kappa shape index (κ1) is 24.4. The lowest BCUT2D eigenvalue weighted by Crippen LogP contribution is -2.36. The van der Waals surface area contributed by atoms with Crippen molar-refractivity contribution in [3.8, 4) is 5.88 Å². The summed E-state index contributed by atoms with van der Waals surface area (Å²) >= 11 is 0. The van der Waals surface area contributed by atoms with Gasteiger partial charge in [0.25, 0.3) is 0 Å². The lowest BCUT2D eigenvalue weighted by atomic mass is 9.99. The van der Waals surface area contributed by atoms with E-state index in [1.807, 2.05) is 31.3 Å². The summed E-state index contributed by atoms with van der Waals surface area (Å²) in [6.45, 7) is 9.05. The quantitative estimate of drug-likeness (QED) is 0.252. The van der Waals surface area contributed by atoms with Gasteiger partial charge in [-0.05, 0) is 44.1 Å². The molecule has 166 valence electrons. The van der Waals surface area contributed by atoms with E-state index in [1.54, 1.807) is 0 Å². The molecular formula is C22H34IN5O2. The summed E-state index contributed by atoms with van der Waals surface area (Å²) in [5.74, 6) is 3.43. The normalized spacial score (nSPS) is 13.8. The molecule has 2 heterocycles. The van der Waals surface area contributed by atoms with Gasteiger partial charge in [-0.2, -0.15) is 0 Å². The fourth-order valence-electron chi connectivity index (χ4n) is 3.07. The van der Waals surface area contributed by atoms with Crippen molar-refractivity contribution < 1.29 is 9.26 Å². The second-order valence-electron chi connectivity index (χ2n) is 7.54. The summed E-state index contributed by atoms with van der Waals surface area (Å²) in [5.41, 5.74) is 2.07. The number of pyridine rings is 1. The fraction of sp³-hybridized carbons (Fsp3) is 0.591. The Labute approximate surface area is 196 Å². The van der Waals surface area contributed by atoms with E-state index in [-0.39, 0.29) is 24.0 Å². The lowest BCUT2D eigenvalue weighted by molar-refractivity contribution is 0.288. The topological polar surface area (TPSA) is 84.6 Å². The zero-order valence-corrected chi connectivity index (χ0v) is 20.5. The summed E-state index contributed by atoms with van der Waals surface area (Å²) in [6, 6.07) is 5.97. The van der Waals surface area contributed by atoms with Crippen molar-refractivity contribution in [3.05, 3.63) is 41.4 Å². The molecule has 7 nitrogen and oxygen atoms in total. The highest BCUT2D eigenvalue weighted by Gasteiger charge is 2.22. The third kappa shape index (κ3) is 7.77. The van der Waals surface area contributed by atoms with Gasteiger partial charge >= 0.3 is 0 Å². The number of nitrogens with one attached hydrogen (secondary N) is 2. The molecule has 2 aromatic rings. The van der Waals surface area contributed by atoms with Crippen molar-refractivity contribution in [1.82, 2.24) is 20.8 Å². The average Bonchev–Trinajstić information content (AvgIpc) is 3.47. The minimum Gasteiger partial charge on any atom is -0.477 e. The van der Waals surface area contributed by atoms with Crippen LogP contribution in [0.4, 0.5) is 0 Å². The van der Waals surface area contributed by atoms with Crippen molar-refractivity contribution in [2.45, 2.75) is 65.5 Å². The molecule has 0 atom stereocenters. The monoisotopic (exact) mass is 527 g/mol. The zero-order valence-electron chi connectivity index (χ0n) is 18.2. The van der Waals surface area contributed by atoms with Gasteiger partial charge in [0.2, 0.25) is 5.88 Å². The summed E-state index contributed by atoms with van der Waals surface area (Å²) in [7, 11) is 0. The van der Waals surface area contributed by atoms with Gasteiger partial charge in [-0.15, -0.1) is 24.0 Å². The van der Waals surface area contributed by atoms with Gasteiger partial charge in [0.15, 0.2) is 11.7 Å². The van der Waals surface area contributed by atoms with E-state index in [1.165, 1.54) is 12.8 Å². The maximum Gasteiger partial charge on any atom is 0.213 e. The molecule has 1 aliphatic carbocycles. The van der Waals surface area contributed by atoms with Gasteiger partial charge in [0.05, 0.1) is 25.4 Å². The van der Waals surface area contributed by atoms with Crippen LogP contribution in [-0.4, -0.2) is 29.3 Å². The van der Waals surface area contributed by atoms with Crippen molar-refractivity contribution in [3.63, 3.8) is 0 Å². The molecule has 0 aromatic carbocycles. The van der Waals surface area contributed by atoms with Crippen molar-refractivity contribution in [2.24, 2.45) is 10.9 Å². The number of nitrogens with zero attached hydrogens (tertiary/aromatic N) is 3. The Kier molecular flexibility index (Phi) is 10.4. The molecule has 1 saturated carbocycles. The molecule has 3 rings (SSSR count). The number of halogens is 1. The molecule has 0 radical (unpaired) electrons. The van der Waals surface area contributed by atoms with Gasteiger partial charge < -0.3 is 19.9 Å². The largest absolute Gasteiger partial charge is 0.477 e. The van der Waals surface area contributed by atoms with Gasteiger partial charge in [-0.25, -0.2) is 9.98 Å². The minimum atomic E-state index is 0. The van der Waals surface area contributed by atoms with Crippen molar-refractivity contribution in [2.75, 3.05) is 13.2 Å². The molecule has 0 saturated heterocycles. The van der Waals surface area contributed by atoms with Crippen molar-refractivity contribution >= 4 is 29.9 Å². The molecule has 0 bridgehead atoms. The van der Waals surface area contributed by atoms with E-state index < -0.39 is 0 Å². The highest BCUT2D eigenvalue weighted by atomic mass is 127. The molecule has 0 amide bonds. The third-order valence-electron chi connectivity index (χ3n) is 5.14. The number of hydrogen-bond acceptors (Lipinski definition) is 5. The number of ether oxygens (including phenoxy) is 1. The molecule has 1 aliphatic rings. The summed E-state index contributed by atoms with van der Waals surface area (Å²) in [6.07, 6.45) is 6.52. The Balaban J connectivity index is 0.00000320. The smallest absolute Gasteiger partial charge is 0.213 e. The predicted octanol–water partition coefficient (Wildman–Crippen LogP) is 4.64. The molecule has 8 heteroatoms. The Morgan fingerprint density at radius 3 is 2.67 bits per heavy atom. The van der Waals surface area contributed by atoms with Gasteiger partial charge in [-0.3, -0.25) is 0 Å². The maximum atomic E-state index is 5.68. The standard InChI is InChI=1S/C22H33N5O2.HI/c1-4-18(5-2)20-11-19(29-27-20)14-26-22(23-6-3)25-13-17-9-10-21(24-12-17)28-15-16-7-8-16;/h9-12,16,18H,4-8,13-15H2,1-3H3,(H2,23,25,26);1H. The lowest BCUT2D eigenvalue weighted by Gasteiger charge is -2.10. The zero-order chi connectivity index (χ0) is 20.5. The highest BCUT2D eigenvalue weighted by molar-refractivity contribution is 14.0. The second-order valence-corrected chi connectivity index (χ2v) is 7.54. The SMILES string of the molecule is CCNC(=NCc1ccc(OCC2CC2)nc1)NCc1cc(C(CC)CC)no1.I. The maximum absolute atomic E-state index is 5.68. The molecule has 0 spiro atoms. The molecule has 0 aliphatic heterocycles. The molecule has 30 heavy (non-hydrogen) atoms. The Morgan fingerprint density at radius 2 is 2.03 bits per heavy atom. The number of aromatic nitrogens is 2. The first-order chi connectivity index (χ1) is 14.2. The van der Waals surface area contributed by atoms with Crippen LogP contribution in [0.2, 0.25) is 0 Å². The number of guanidine groups is 1. The number of rotatable bonds is 11. The molecular weight excluding hydrogens is 493 g/mol. The Morgan fingerprint density at radius 1 is 1.23 bits per heavy atom. The van der Waals surface area contributed by atoms with Crippen LogP contribution in [0.25, 0.3) is 0 Å². The van der Waals surface area contributed by atoms with Crippen LogP contribution in [-0.2, 0) is 13.1 Å². The van der Waals surface area contributed by atoms with Gasteiger partial charge in [0, 0.05) is 30.8 Å². The predicted molar refractivity (Wildman–Crippen MR) is 129 cm³/mol. The van der Waals surface area contributed by atoms with Gasteiger partial charge in [-0.1, -0.05) is 25.1 Å². The Bertz CT molecular complexity index is 770. The van der Waals surface area contributed by atoms with Gasteiger partial charge in [0.1, 0.15) is 0 Å². The van der Waals surface area contributed by atoms with Crippen LogP contribution in [0, 0.1) is 5.92 Å². The van der Waals surface area contributed by atoms with E-state index in [0.717, 1.165) is 54.9 Å². The highest BCUT2D eigenvalue weighted by Crippen LogP contribution is 2.29. The van der Waals surface area contributed by atoms with Crippen LogP contribution in [0.15, 0.2) is 33.9 Å². The van der Waals surface area contributed by atoms with E-state index in [9.17, 15) is 0 Å². The molecule has 0 unspecified atom stereocenters. The first-order valence-corrected chi connectivity index (χ1v) is 10.8. The van der Waals surface area contributed by atoms with Crippen LogP contribution in [0.5, 0.6) is 5.88 Å². The Hall–Kier alpha value is -1.84. The summed E-state index contributed by atoms with van der Waals surface area (Å²) in [5, 5.41) is 10.8. The fourth-order valence-corrected chi connectivity index (χ4v) is 3.07. The van der Waals surface area contributed by atoms with Crippen LogP contribution in [0.3, 0.4) is 0 Å². The van der Waals surface area contributed by atoms with Crippen LogP contribution in [0.1, 0.15) is 69.4 Å². The van der Waals surface area contributed by atoms with E-state index in [2.05, 4.69) is 39.6 Å². The molecule has 2 N–H and O–H groups in total. The second kappa shape index (κ2) is 12.8. The summed E-state index contributed by atoms with van der Waals surface area (Å²) in [4.78, 5) is 9.01. The van der Waals surface area contributed by atoms with Crippen LogP contribution < -0.4 is 15.4 Å². The number of hydrogen-bond donors (Lipinski definition) is 2. The minimum absolute atomic E-state index is 0. The van der Waals surface area contributed by atoms with Crippen molar-refractivity contribution in [1.29, 1.82) is 0 Å². The van der Waals surface area contributed by atoms with Crippen LogP contribution >= 0.6 is 24.0 Å². The van der Waals surface area contributed by atoms with E-state index in [0.29, 0.717) is 24.9 Å². The average molecular weight is 527 g/mol. The molecule has 1 fully saturated rings. The summed E-state index contributed by atoms with van der Waals surface area (Å²) < 4.78 is 11.2. The molecule has 2 aromatic heterocycles.